The predicted molar refractivity (Wildman–Crippen MR) is 67.3 cm³/mol. The van der Waals surface area contributed by atoms with Gasteiger partial charge < -0.3 is 0 Å². The molecule has 0 bridgehead atoms. The van der Waals surface area contributed by atoms with Gasteiger partial charge in [0.15, 0.2) is 0 Å². The molecule has 1 rings (SSSR count). The molecular formula is C12H16N2S. The van der Waals surface area contributed by atoms with Crippen molar-refractivity contribution < 1.29 is 0 Å². The minimum atomic E-state index is 0.716. The second-order valence-corrected chi connectivity index (χ2v) is 4.56. The van der Waals surface area contributed by atoms with Crippen molar-refractivity contribution in [3.8, 4) is 0 Å². The van der Waals surface area contributed by atoms with Gasteiger partial charge in [-0.05, 0) is 49.8 Å². The lowest BCUT2D eigenvalue weighted by Gasteiger charge is -2.01. The molecule has 0 saturated carbocycles. The average Bonchev–Trinajstić information content (AvgIpc) is 2.25. The Bertz CT molecular complexity index is 340. The van der Waals surface area contributed by atoms with Crippen molar-refractivity contribution >= 4 is 16.8 Å². The lowest BCUT2D eigenvalue weighted by Crippen LogP contribution is -1.93. The van der Waals surface area contributed by atoms with Gasteiger partial charge in [-0.3, -0.25) is 10.4 Å². The monoisotopic (exact) mass is 220 g/mol. The second-order valence-electron chi connectivity index (χ2n) is 3.59. The smallest absolute Gasteiger partial charge is 0.0686 e. The van der Waals surface area contributed by atoms with Crippen LogP contribution in [0.1, 0.15) is 25.8 Å². The summed E-state index contributed by atoms with van der Waals surface area (Å²) in [6.45, 7) is 4.09. The van der Waals surface area contributed by atoms with Crippen LogP contribution in [0.3, 0.4) is 0 Å². The summed E-state index contributed by atoms with van der Waals surface area (Å²) in [5.74, 6) is 0. The molecule has 0 spiro atoms. The van der Waals surface area contributed by atoms with Crippen LogP contribution in [0.15, 0.2) is 35.5 Å². The Morgan fingerprint density at radius 2 is 2.07 bits per heavy atom. The molecule has 80 valence electrons. The van der Waals surface area contributed by atoms with E-state index in [4.69, 9.17) is 5.41 Å². The highest BCUT2D eigenvalue weighted by molar-refractivity contribution is 8.16. The van der Waals surface area contributed by atoms with Gasteiger partial charge in [0, 0.05) is 12.4 Å². The molecule has 0 fully saturated rings. The molecule has 2 nitrogen and oxygen atoms in total. The normalized spacial score (nSPS) is 9.73. The summed E-state index contributed by atoms with van der Waals surface area (Å²) in [5.41, 5.74) is 2.49. The zero-order valence-electron chi connectivity index (χ0n) is 9.16. The first-order valence-electron chi connectivity index (χ1n) is 4.95. The number of hydrogen-bond donors (Lipinski definition) is 1. The molecule has 15 heavy (non-hydrogen) atoms. The van der Waals surface area contributed by atoms with Crippen LogP contribution < -0.4 is 0 Å². The van der Waals surface area contributed by atoms with Gasteiger partial charge in [0.1, 0.15) is 0 Å². The maximum Gasteiger partial charge on any atom is 0.0686 e. The Morgan fingerprint density at radius 3 is 2.67 bits per heavy atom. The fourth-order valence-electron chi connectivity index (χ4n) is 1.06. The molecule has 1 heterocycles. The van der Waals surface area contributed by atoms with Gasteiger partial charge in [-0.1, -0.05) is 17.3 Å². The highest BCUT2D eigenvalue weighted by Gasteiger charge is 1.97. The van der Waals surface area contributed by atoms with E-state index in [1.54, 1.807) is 12.4 Å². The molecule has 0 aliphatic heterocycles. The SMILES string of the molecule is CC(C)=CSC(=N)CCc1ccncc1. The van der Waals surface area contributed by atoms with Gasteiger partial charge in [-0.2, -0.15) is 0 Å². The second kappa shape index (κ2) is 6.40. The Kier molecular flexibility index (Phi) is 5.12. The molecule has 1 N–H and O–H groups in total. The number of hydrogen-bond acceptors (Lipinski definition) is 3. The number of allylic oxidation sites excluding steroid dienone is 1. The van der Waals surface area contributed by atoms with Gasteiger partial charge in [-0.15, -0.1) is 0 Å². The van der Waals surface area contributed by atoms with Gasteiger partial charge in [0.25, 0.3) is 0 Å². The molecular weight excluding hydrogens is 204 g/mol. The van der Waals surface area contributed by atoms with Gasteiger partial charge in [0.05, 0.1) is 5.04 Å². The third kappa shape index (κ3) is 5.37. The van der Waals surface area contributed by atoms with Crippen molar-refractivity contribution in [3.05, 3.63) is 41.1 Å². The number of nitrogens with zero attached hydrogens (tertiary/aromatic N) is 1. The molecule has 0 aliphatic carbocycles. The standard InChI is InChI=1S/C12H16N2S/c1-10(2)9-15-12(13)4-3-11-5-7-14-8-6-11/h5-9,13H,3-4H2,1-2H3. The van der Waals surface area contributed by atoms with Crippen LogP contribution in [0, 0.1) is 5.41 Å². The predicted octanol–water partition coefficient (Wildman–Crippen LogP) is 3.65. The Hall–Kier alpha value is -1.09. The summed E-state index contributed by atoms with van der Waals surface area (Å²) in [6.07, 6.45) is 5.31. The molecule has 0 unspecified atom stereocenters. The largest absolute Gasteiger partial charge is 0.298 e. The van der Waals surface area contributed by atoms with Gasteiger partial charge in [0.2, 0.25) is 0 Å². The maximum absolute atomic E-state index is 7.73. The van der Waals surface area contributed by atoms with Crippen molar-refractivity contribution in [2.24, 2.45) is 0 Å². The molecule has 1 aromatic rings. The van der Waals surface area contributed by atoms with Crippen LogP contribution in [0.5, 0.6) is 0 Å². The molecule has 0 saturated heterocycles. The van der Waals surface area contributed by atoms with E-state index in [0.29, 0.717) is 5.04 Å². The highest BCUT2D eigenvalue weighted by Crippen LogP contribution is 2.13. The van der Waals surface area contributed by atoms with E-state index in [-0.39, 0.29) is 0 Å². The number of thioether (sulfide) groups is 1. The van der Waals surface area contributed by atoms with Crippen LogP contribution in [-0.4, -0.2) is 10.0 Å². The van der Waals surface area contributed by atoms with E-state index in [1.807, 2.05) is 31.4 Å². The molecule has 0 aromatic carbocycles. The zero-order valence-corrected chi connectivity index (χ0v) is 9.97. The third-order valence-electron chi connectivity index (χ3n) is 1.83. The molecule has 1 aromatic heterocycles. The summed E-state index contributed by atoms with van der Waals surface area (Å²) >= 11 is 1.51. The minimum Gasteiger partial charge on any atom is -0.298 e. The van der Waals surface area contributed by atoms with Crippen molar-refractivity contribution in [3.63, 3.8) is 0 Å². The Balaban J connectivity index is 2.32. The Labute approximate surface area is 95.3 Å². The summed E-state index contributed by atoms with van der Waals surface area (Å²) in [6, 6.07) is 4.00. The number of rotatable bonds is 4. The van der Waals surface area contributed by atoms with Crippen molar-refractivity contribution in [1.29, 1.82) is 5.41 Å². The number of pyridine rings is 1. The number of aromatic nitrogens is 1. The molecule has 3 heteroatoms. The van der Waals surface area contributed by atoms with E-state index in [9.17, 15) is 0 Å². The van der Waals surface area contributed by atoms with Crippen molar-refractivity contribution in [2.75, 3.05) is 0 Å². The number of nitrogens with one attached hydrogen (secondary N) is 1. The first-order valence-corrected chi connectivity index (χ1v) is 5.83. The van der Waals surface area contributed by atoms with Crippen LogP contribution in [0.2, 0.25) is 0 Å². The summed E-state index contributed by atoms with van der Waals surface area (Å²) in [7, 11) is 0. The van der Waals surface area contributed by atoms with Crippen LogP contribution in [-0.2, 0) is 6.42 Å². The highest BCUT2D eigenvalue weighted by atomic mass is 32.2. The van der Waals surface area contributed by atoms with E-state index in [2.05, 4.69) is 4.98 Å². The lowest BCUT2D eigenvalue weighted by atomic mass is 10.1. The number of aryl methyl sites for hydroxylation is 1. The van der Waals surface area contributed by atoms with Crippen molar-refractivity contribution in [1.82, 2.24) is 4.98 Å². The summed E-state index contributed by atoms with van der Waals surface area (Å²) < 4.78 is 0. The molecule has 0 amide bonds. The van der Waals surface area contributed by atoms with Gasteiger partial charge in [-0.25, -0.2) is 0 Å². The minimum absolute atomic E-state index is 0.716. The molecule has 0 aliphatic rings. The van der Waals surface area contributed by atoms with Crippen LogP contribution in [0.25, 0.3) is 0 Å². The molecule has 0 radical (unpaired) electrons. The summed E-state index contributed by atoms with van der Waals surface area (Å²) in [4.78, 5) is 3.96. The van der Waals surface area contributed by atoms with E-state index < -0.39 is 0 Å². The first kappa shape index (κ1) is 12.0. The van der Waals surface area contributed by atoms with Crippen molar-refractivity contribution in [2.45, 2.75) is 26.7 Å². The summed E-state index contributed by atoms with van der Waals surface area (Å²) in [5, 5.41) is 10.5. The first-order chi connectivity index (χ1) is 7.18. The van der Waals surface area contributed by atoms with Crippen LogP contribution in [0.4, 0.5) is 0 Å². The fraction of sp³-hybridized carbons (Fsp3) is 0.333. The zero-order chi connectivity index (χ0) is 11.1. The van der Waals surface area contributed by atoms with Crippen LogP contribution >= 0.6 is 11.8 Å². The average molecular weight is 220 g/mol. The van der Waals surface area contributed by atoms with E-state index in [1.165, 1.54) is 22.9 Å². The fourth-order valence-corrected chi connectivity index (χ4v) is 1.65. The third-order valence-corrected chi connectivity index (χ3v) is 2.90. The van der Waals surface area contributed by atoms with E-state index in [0.717, 1.165) is 12.8 Å². The maximum atomic E-state index is 7.73. The quantitative estimate of drug-likeness (QED) is 0.621. The van der Waals surface area contributed by atoms with Gasteiger partial charge >= 0.3 is 0 Å². The van der Waals surface area contributed by atoms with E-state index >= 15 is 0 Å². The molecule has 0 atom stereocenters. The topological polar surface area (TPSA) is 36.7 Å². The lowest BCUT2D eigenvalue weighted by molar-refractivity contribution is 1.03. The Morgan fingerprint density at radius 1 is 1.40 bits per heavy atom.